The normalized spacial score (nSPS) is 10.8. The molecule has 0 aliphatic rings. The van der Waals surface area contributed by atoms with E-state index in [0.717, 1.165) is 10.6 Å². The number of rotatable bonds is 6. The van der Waals surface area contributed by atoms with Crippen LogP contribution < -0.4 is 10.1 Å². The predicted octanol–water partition coefficient (Wildman–Crippen LogP) is 3.43. The Hall–Kier alpha value is -2.67. The number of benzene rings is 1. The number of carbonyl (C=O) groups excluding carboxylic acids is 1. The number of hydrogen-bond acceptors (Lipinski definition) is 5. The van der Waals surface area contributed by atoms with Crippen LogP contribution in [-0.4, -0.2) is 27.0 Å². The molecule has 2 aromatic heterocycles. The molecule has 1 amide bonds. The van der Waals surface area contributed by atoms with E-state index < -0.39 is 0 Å². The van der Waals surface area contributed by atoms with Crippen molar-refractivity contribution in [2.45, 2.75) is 26.5 Å². The molecule has 3 rings (SSSR count). The van der Waals surface area contributed by atoms with Gasteiger partial charge in [0.1, 0.15) is 5.75 Å². The Morgan fingerprint density at radius 1 is 1.29 bits per heavy atom. The maximum Gasteiger partial charge on any atom is 0.277 e. The second-order valence-corrected chi connectivity index (χ2v) is 6.56. The molecule has 0 saturated carbocycles. The number of thiophene rings is 1. The van der Waals surface area contributed by atoms with Crippen LogP contribution in [0.15, 0.2) is 48.0 Å². The second-order valence-electron chi connectivity index (χ2n) is 5.53. The van der Waals surface area contributed by atoms with Crippen LogP contribution in [0, 0.1) is 0 Å². The van der Waals surface area contributed by atoms with Crippen LogP contribution in [0.2, 0.25) is 0 Å². The van der Waals surface area contributed by atoms with Crippen molar-refractivity contribution in [1.29, 1.82) is 0 Å². The number of aromatic nitrogens is 3. The summed E-state index contributed by atoms with van der Waals surface area (Å²) in [5.41, 5.74) is 0.970. The Morgan fingerprint density at radius 3 is 2.75 bits per heavy atom. The summed E-state index contributed by atoms with van der Waals surface area (Å²) in [7, 11) is 0. The number of hydrogen-bond donors (Lipinski definition) is 1. The molecule has 0 fully saturated rings. The fraction of sp³-hybridized carbons (Fsp3) is 0.235. The largest absolute Gasteiger partial charge is 0.491 e. The standard InChI is InChI=1S/C17H18N4O2S/c1-12(2)23-14-7-5-13(6-8-14)18-17(22)16-11-21(20-19-16)10-15-4-3-9-24-15/h3-9,11-12H,10H2,1-2H3,(H,18,22). The molecule has 0 aliphatic heterocycles. The van der Waals surface area contributed by atoms with Gasteiger partial charge in [0.25, 0.3) is 5.91 Å². The second kappa shape index (κ2) is 7.27. The van der Waals surface area contributed by atoms with E-state index in [1.54, 1.807) is 34.3 Å². The minimum atomic E-state index is -0.287. The average Bonchev–Trinajstić information content (AvgIpc) is 3.21. The smallest absolute Gasteiger partial charge is 0.277 e. The molecular weight excluding hydrogens is 324 g/mol. The van der Waals surface area contributed by atoms with Gasteiger partial charge in [-0.1, -0.05) is 11.3 Å². The van der Waals surface area contributed by atoms with Crippen molar-refractivity contribution >= 4 is 22.9 Å². The number of nitrogens with zero attached hydrogens (tertiary/aromatic N) is 3. The molecule has 7 heteroatoms. The van der Waals surface area contributed by atoms with E-state index in [1.165, 1.54) is 0 Å². The fourth-order valence-corrected chi connectivity index (χ4v) is 2.82. The predicted molar refractivity (Wildman–Crippen MR) is 93.6 cm³/mol. The summed E-state index contributed by atoms with van der Waals surface area (Å²) in [5.74, 6) is 0.481. The molecule has 0 unspecified atom stereocenters. The molecule has 124 valence electrons. The molecule has 0 spiro atoms. The molecule has 0 radical (unpaired) electrons. The van der Waals surface area contributed by atoms with Crippen LogP contribution in [0.5, 0.6) is 5.75 Å². The van der Waals surface area contributed by atoms with E-state index in [0.29, 0.717) is 12.2 Å². The molecule has 0 aliphatic carbocycles. The van der Waals surface area contributed by atoms with Crippen molar-refractivity contribution in [2.24, 2.45) is 0 Å². The Labute approximate surface area is 144 Å². The third-order valence-electron chi connectivity index (χ3n) is 3.15. The van der Waals surface area contributed by atoms with Crippen LogP contribution in [0.4, 0.5) is 5.69 Å². The van der Waals surface area contributed by atoms with Crippen molar-refractivity contribution in [3.63, 3.8) is 0 Å². The lowest BCUT2D eigenvalue weighted by Crippen LogP contribution is -2.12. The number of ether oxygens (including phenoxy) is 1. The van der Waals surface area contributed by atoms with Gasteiger partial charge in [0.15, 0.2) is 5.69 Å². The number of nitrogens with one attached hydrogen (secondary N) is 1. The monoisotopic (exact) mass is 342 g/mol. The summed E-state index contributed by atoms with van der Waals surface area (Å²) < 4.78 is 7.23. The van der Waals surface area contributed by atoms with Crippen molar-refractivity contribution in [1.82, 2.24) is 15.0 Å². The van der Waals surface area contributed by atoms with Gasteiger partial charge < -0.3 is 10.1 Å². The van der Waals surface area contributed by atoms with E-state index >= 15 is 0 Å². The zero-order chi connectivity index (χ0) is 16.9. The first-order valence-electron chi connectivity index (χ1n) is 7.61. The molecule has 3 aromatic rings. The molecule has 0 atom stereocenters. The zero-order valence-electron chi connectivity index (χ0n) is 13.5. The van der Waals surface area contributed by atoms with Gasteiger partial charge in [-0.2, -0.15) is 0 Å². The summed E-state index contributed by atoms with van der Waals surface area (Å²) in [6.45, 7) is 4.55. The van der Waals surface area contributed by atoms with Crippen LogP contribution in [0.25, 0.3) is 0 Å². The van der Waals surface area contributed by atoms with Crippen molar-refractivity contribution in [3.8, 4) is 5.75 Å². The SMILES string of the molecule is CC(C)Oc1ccc(NC(=O)c2cn(Cc3cccs3)nn2)cc1. The lowest BCUT2D eigenvalue weighted by Gasteiger charge is -2.10. The topological polar surface area (TPSA) is 69.0 Å². The number of amides is 1. The molecule has 1 aromatic carbocycles. The molecule has 0 saturated heterocycles. The maximum absolute atomic E-state index is 12.2. The molecule has 6 nitrogen and oxygen atoms in total. The average molecular weight is 342 g/mol. The highest BCUT2D eigenvalue weighted by Gasteiger charge is 2.11. The van der Waals surface area contributed by atoms with E-state index in [9.17, 15) is 4.79 Å². The van der Waals surface area contributed by atoms with Crippen LogP contribution in [-0.2, 0) is 6.54 Å². The number of carbonyl (C=O) groups is 1. The van der Waals surface area contributed by atoms with Crippen molar-refractivity contribution < 1.29 is 9.53 Å². The minimum absolute atomic E-state index is 0.115. The van der Waals surface area contributed by atoms with Gasteiger partial charge in [-0.3, -0.25) is 4.79 Å². The summed E-state index contributed by atoms with van der Waals surface area (Å²) in [6.07, 6.45) is 1.76. The summed E-state index contributed by atoms with van der Waals surface area (Å²) in [5, 5.41) is 12.7. The highest BCUT2D eigenvalue weighted by Crippen LogP contribution is 2.17. The minimum Gasteiger partial charge on any atom is -0.491 e. The summed E-state index contributed by atoms with van der Waals surface area (Å²) in [6, 6.07) is 11.2. The zero-order valence-corrected chi connectivity index (χ0v) is 14.3. The van der Waals surface area contributed by atoms with Crippen molar-refractivity contribution in [3.05, 3.63) is 58.5 Å². The maximum atomic E-state index is 12.2. The van der Waals surface area contributed by atoms with Crippen LogP contribution in [0.3, 0.4) is 0 Å². The third-order valence-corrected chi connectivity index (χ3v) is 4.01. The van der Waals surface area contributed by atoms with Gasteiger partial charge >= 0.3 is 0 Å². The van der Waals surface area contributed by atoms with E-state index in [4.69, 9.17) is 4.74 Å². The molecule has 24 heavy (non-hydrogen) atoms. The van der Waals surface area contributed by atoms with E-state index in [1.807, 2.05) is 43.5 Å². The Bertz CT molecular complexity index is 794. The summed E-state index contributed by atoms with van der Waals surface area (Å²) >= 11 is 1.64. The Balaban J connectivity index is 1.61. The molecule has 1 N–H and O–H groups in total. The lowest BCUT2D eigenvalue weighted by molar-refractivity contribution is 0.102. The first-order chi connectivity index (χ1) is 11.6. The van der Waals surface area contributed by atoms with Gasteiger partial charge in [0, 0.05) is 10.6 Å². The molecular formula is C17H18N4O2S. The first-order valence-corrected chi connectivity index (χ1v) is 8.49. The Morgan fingerprint density at radius 2 is 2.08 bits per heavy atom. The highest BCUT2D eigenvalue weighted by molar-refractivity contribution is 7.09. The lowest BCUT2D eigenvalue weighted by atomic mass is 10.3. The number of anilines is 1. The van der Waals surface area contributed by atoms with Crippen LogP contribution in [0.1, 0.15) is 29.2 Å². The van der Waals surface area contributed by atoms with Gasteiger partial charge in [0.2, 0.25) is 0 Å². The molecule has 0 bridgehead atoms. The molecule has 2 heterocycles. The van der Waals surface area contributed by atoms with Crippen LogP contribution >= 0.6 is 11.3 Å². The van der Waals surface area contributed by atoms with Gasteiger partial charge in [-0.25, -0.2) is 4.68 Å². The first kappa shape index (κ1) is 16.2. The Kier molecular flexibility index (Phi) is 4.90. The van der Waals surface area contributed by atoms with Gasteiger partial charge in [-0.05, 0) is 49.6 Å². The third kappa shape index (κ3) is 4.20. The fourth-order valence-electron chi connectivity index (χ4n) is 2.13. The summed E-state index contributed by atoms with van der Waals surface area (Å²) in [4.78, 5) is 13.4. The van der Waals surface area contributed by atoms with E-state index in [-0.39, 0.29) is 17.7 Å². The van der Waals surface area contributed by atoms with Crippen molar-refractivity contribution in [2.75, 3.05) is 5.32 Å². The van der Waals surface area contributed by atoms with Gasteiger partial charge in [-0.15, -0.1) is 16.4 Å². The van der Waals surface area contributed by atoms with E-state index in [2.05, 4.69) is 15.6 Å². The van der Waals surface area contributed by atoms with Gasteiger partial charge in [0.05, 0.1) is 18.8 Å². The quantitative estimate of drug-likeness (QED) is 0.745. The highest BCUT2D eigenvalue weighted by atomic mass is 32.1.